The van der Waals surface area contributed by atoms with Crippen LogP contribution >= 0.6 is 0 Å². The second-order valence-corrected chi connectivity index (χ2v) is 9.26. The quantitative estimate of drug-likeness (QED) is 0.499. The summed E-state index contributed by atoms with van der Waals surface area (Å²) in [6.07, 6.45) is 0. The van der Waals surface area contributed by atoms with Crippen molar-refractivity contribution in [1.29, 1.82) is 0 Å². The molecule has 0 bridgehead atoms. The maximum absolute atomic E-state index is 5.70. The number of morpholine rings is 1. The van der Waals surface area contributed by atoms with Gasteiger partial charge >= 0.3 is 0 Å². The Kier molecular flexibility index (Phi) is 5.87. The molecule has 34 heavy (non-hydrogen) atoms. The molecular weight excluding hydrogens is 430 g/mol. The van der Waals surface area contributed by atoms with Gasteiger partial charge in [-0.05, 0) is 31.2 Å². The number of hydrogen-bond acceptors (Lipinski definition) is 9. The van der Waals surface area contributed by atoms with Crippen molar-refractivity contribution in [2.45, 2.75) is 26.2 Å². The third kappa shape index (κ3) is 4.43. The van der Waals surface area contributed by atoms with Crippen molar-refractivity contribution in [3.8, 4) is 5.75 Å². The second-order valence-electron chi connectivity index (χ2n) is 9.26. The van der Waals surface area contributed by atoms with Gasteiger partial charge in [0.25, 0.3) is 0 Å². The number of ether oxygens (including phenoxy) is 2. The fourth-order valence-electron chi connectivity index (χ4n) is 4.43. The molecule has 0 aliphatic carbocycles. The van der Waals surface area contributed by atoms with Gasteiger partial charge in [-0.3, -0.25) is 0 Å². The average molecular weight is 462 g/mol. The monoisotopic (exact) mass is 461 g/mol. The van der Waals surface area contributed by atoms with Crippen molar-refractivity contribution >= 4 is 34.8 Å². The molecule has 0 amide bonds. The molecule has 1 aromatic carbocycles. The first-order valence-electron chi connectivity index (χ1n) is 11.6. The maximum atomic E-state index is 5.70. The first-order valence-corrected chi connectivity index (χ1v) is 11.6. The summed E-state index contributed by atoms with van der Waals surface area (Å²) < 4.78 is 11.2. The number of methoxy groups -OCH3 is 1. The van der Waals surface area contributed by atoms with Crippen LogP contribution in [-0.2, 0) is 10.2 Å². The van der Waals surface area contributed by atoms with E-state index in [1.807, 2.05) is 37.3 Å². The topological polar surface area (TPSA) is 96.5 Å². The van der Waals surface area contributed by atoms with E-state index in [4.69, 9.17) is 19.4 Å². The summed E-state index contributed by atoms with van der Waals surface area (Å²) in [4.78, 5) is 16.5. The van der Waals surface area contributed by atoms with Crippen molar-refractivity contribution in [2.75, 3.05) is 60.8 Å². The Labute approximate surface area is 199 Å². The molecule has 178 valence electrons. The van der Waals surface area contributed by atoms with Gasteiger partial charge in [0.2, 0.25) is 5.95 Å². The van der Waals surface area contributed by atoms with Crippen LogP contribution < -0.4 is 25.6 Å². The second kappa shape index (κ2) is 8.98. The lowest BCUT2D eigenvalue weighted by atomic mass is 9.88. The number of aryl methyl sites for hydroxylation is 1. The summed E-state index contributed by atoms with van der Waals surface area (Å²) in [6, 6.07) is 12.0. The van der Waals surface area contributed by atoms with Gasteiger partial charge in [-0.1, -0.05) is 19.9 Å². The highest BCUT2D eigenvalue weighted by molar-refractivity contribution is 5.74. The summed E-state index contributed by atoms with van der Waals surface area (Å²) >= 11 is 0. The Hall–Kier alpha value is -3.59. The van der Waals surface area contributed by atoms with E-state index in [9.17, 15) is 0 Å². The molecule has 0 saturated carbocycles. The number of hydrogen-bond donors (Lipinski definition) is 3. The predicted octanol–water partition coefficient (Wildman–Crippen LogP) is 4.22. The SMILES string of the molecule is COc1cc(N2CCOCC2)ccc1Nc1nc2c(c(Nc3cccc(C)n3)n1)C(C)(C)CN2. The lowest BCUT2D eigenvalue weighted by molar-refractivity contribution is 0.122. The minimum absolute atomic E-state index is 0.114. The zero-order valence-corrected chi connectivity index (χ0v) is 20.1. The number of anilines is 6. The molecule has 1 fully saturated rings. The number of aromatic nitrogens is 3. The van der Waals surface area contributed by atoms with Crippen LogP contribution in [0.5, 0.6) is 5.75 Å². The Morgan fingerprint density at radius 3 is 2.65 bits per heavy atom. The third-order valence-corrected chi connectivity index (χ3v) is 6.23. The Morgan fingerprint density at radius 1 is 1.06 bits per heavy atom. The van der Waals surface area contributed by atoms with Crippen LogP contribution in [0.3, 0.4) is 0 Å². The first-order chi connectivity index (χ1) is 16.4. The molecule has 3 N–H and O–H groups in total. The fourth-order valence-corrected chi connectivity index (χ4v) is 4.43. The number of benzene rings is 1. The van der Waals surface area contributed by atoms with E-state index in [0.717, 1.165) is 78.7 Å². The number of rotatable bonds is 6. The van der Waals surface area contributed by atoms with Gasteiger partial charge in [-0.2, -0.15) is 9.97 Å². The van der Waals surface area contributed by atoms with E-state index >= 15 is 0 Å². The average Bonchev–Trinajstić information content (AvgIpc) is 3.14. The highest BCUT2D eigenvalue weighted by atomic mass is 16.5. The minimum atomic E-state index is -0.114. The van der Waals surface area contributed by atoms with Gasteiger partial charge in [0.05, 0.1) is 26.0 Å². The molecule has 3 aromatic rings. The van der Waals surface area contributed by atoms with E-state index in [1.165, 1.54) is 0 Å². The maximum Gasteiger partial charge on any atom is 0.231 e. The zero-order chi connectivity index (χ0) is 23.7. The minimum Gasteiger partial charge on any atom is -0.494 e. The molecule has 2 aromatic heterocycles. The summed E-state index contributed by atoms with van der Waals surface area (Å²) in [5, 5.41) is 10.2. The van der Waals surface area contributed by atoms with Gasteiger partial charge in [0, 0.05) is 48.1 Å². The summed E-state index contributed by atoms with van der Waals surface area (Å²) in [5.74, 6) is 3.53. The smallest absolute Gasteiger partial charge is 0.231 e. The highest BCUT2D eigenvalue weighted by Gasteiger charge is 2.35. The van der Waals surface area contributed by atoms with Crippen molar-refractivity contribution in [2.24, 2.45) is 0 Å². The van der Waals surface area contributed by atoms with Gasteiger partial charge in [0.1, 0.15) is 23.2 Å². The molecule has 4 heterocycles. The van der Waals surface area contributed by atoms with Crippen molar-refractivity contribution in [1.82, 2.24) is 15.0 Å². The molecule has 2 aliphatic heterocycles. The Bertz CT molecular complexity index is 1190. The Balaban J connectivity index is 1.47. The standard InChI is InChI=1S/C25H31N7O2/c1-16-6-5-7-20(27-16)29-23-21-22(26-15-25(21,2)3)30-24(31-23)28-18-9-8-17(14-19(18)33-4)32-10-12-34-13-11-32/h5-9,14H,10-13,15H2,1-4H3,(H3,26,27,28,29,30,31). The van der Waals surface area contributed by atoms with E-state index < -0.39 is 0 Å². The van der Waals surface area contributed by atoms with E-state index in [0.29, 0.717) is 5.95 Å². The molecule has 9 nitrogen and oxygen atoms in total. The van der Waals surface area contributed by atoms with Crippen LogP contribution in [0, 0.1) is 6.92 Å². The van der Waals surface area contributed by atoms with Crippen LogP contribution in [-0.4, -0.2) is 54.9 Å². The summed E-state index contributed by atoms with van der Waals surface area (Å²) in [5.41, 5.74) is 3.79. The lowest BCUT2D eigenvalue weighted by Crippen LogP contribution is -2.36. The number of pyridine rings is 1. The van der Waals surface area contributed by atoms with Crippen LogP contribution in [0.4, 0.5) is 34.8 Å². The number of nitrogens with one attached hydrogen (secondary N) is 3. The molecule has 9 heteroatoms. The number of fused-ring (bicyclic) bond motifs is 1. The van der Waals surface area contributed by atoms with Crippen LogP contribution in [0.25, 0.3) is 0 Å². The molecule has 5 rings (SSSR count). The molecule has 2 aliphatic rings. The van der Waals surface area contributed by atoms with E-state index in [-0.39, 0.29) is 5.41 Å². The lowest BCUT2D eigenvalue weighted by Gasteiger charge is -2.29. The summed E-state index contributed by atoms with van der Waals surface area (Å²) in [7, 11) is 1.67. The number of nitrogens with zero attached hydrogens (tertiary/aromatic N) is 4. The van der Waals surface area contributed by atoms with Gasteiger partial charge < -0.3 is 30.3 Å². The van der Waals surface area contributed by atoms with Crippen LogP contribution in [0.15, 0.2) is 36.4 Å². The van der Waals surface area contributed by atoms with E-state index in [2.05, 4.69) is 45.7 Å². The largest absolute Gasteiger partial charge is 0.494 e. The first kappa shape index (κ1) is 22.2. The normalized spacial score (nSPS) is 16.5. The molecule has 0 unspecified atom stereocenters. The van der Waals surface area contributed by atoms with Crippen molar-refractivity contribution in [3.63, 3.8) is 0 Å². The van der Waals surface area contributed by atoms with Gasteiger partial charge in [-0.25, -0.2) is 4.98 Å². The molecule has 0 atom stereocenters. The van der Waals surface area contributed by atoms with Crippen LogP contribution in [0.2, 0.25) is 0 Å². The highest BCUT2D eigenvalue weighted by Crippen LogP contribution is 2.41. The van der Waals surface area contributed by atoms with Gasteiger partial charge in [-0.15, -0.1) is 0 Å². The fraction of sp³-hybridized carbons (Fsp3) is 0.400. The predicted molar refractivity (Wildman–Crippen MR) is 135 cm³/mol. The molecule has 1 saturated heterocycles. The van der Waals surface area contributed by atoms with Gasteiger partial charge in [0.15, 0.2) is 0 Å². The third-order valence-electron chi connectivity index (χ3n) is 6.23. The molecule has 0 radical (unpaired) electrons. The Morgan fingerprint density at radius 2 is 1.88 bits per heavy atom. The molecule has 0 spiro atoms. The summed E-state index contributed by atoms with van der Waals surface area (Å²) in [6.45, 7) is 10.3. The molecular formula is C25H31N7O2. The zero-order valence-electron chi connectivity index (χ0n) is 20.1. The van der Waals surface area contributed by atoms with Crippen LogP contribution in [0.1, 0.15) is 25.1 Å². The van der Waals surface area contributed by atoms with Crippen molar-refractivity contribution in [3.05, 3.63) is 47.7 Å². The van der Waals surface area contributed by atoms with Crippen molar-refractivity contribution < 1.29 is 9.47 Å². The van der Waals surface area contributed by atoms with E-state index in [1.54, 1.807) is 7.11 Å².